The molecule has 0 aromatic carbocycles. The van der Waals surface area contributed by atoms with Gasteiger partial charge in [-0.3, -0.25) is 0 Å². The second-order valence-corrected chi connectivity index (χ2v) is 5.03. The summed E-state index contributed by atoms with van der Waals surface area (Å²) in [5.74, 6) is 1.65. The van der Waals surface area contributed by atoms with Gasteiger partial charge >= 0.3 is 0 Å². The third-order valence-corrected chi connectivity index (χ3v) is 2.83. The molecule has 1 rings (SSSR count). The van der Waals surface area contributed by atoms with Crippen LogP contribution in [0.2, 0.25) is 0 Å². The molecule has 0 amide bonds. The summed E-state index contributed by atoms with van der Waals surface area (Å²) in [6.07, 6.45) is 0. The molecule has 0 aliphatic rings. The van der Waals surface area contributed by atoms with Gasteiger partial charge in [0.1, 0.15) is 17.5 Å². The molecular formula is C11H20N4O. The second kappa shape index (κ2) is 3.90. The van der Waals surface area contributed by atoms with Crippen LogP contribution in [-0.2, 0) is 0 Å². The Morgan fingerprint density at radius 1 is 1.25 bits per heavy atom. The highest BCUT2D eigenvalue weighted by atomic mass is 16.3. The number of aryl methyl sites for hydroxylation is 1. The van der Waals surface area contributed by atoms with Crippen molar-refractivity contribution in [2.45, 2.75) is 45.8 Å². The number of aromatic nitrogens is 2. The van der Waals surface area contributed by atoms with Crippen molar-refractivity contribution < 1.29 is 5.11 Å². The Kier molecular flexibility index (Phi) is 3.10. The van der Waals surface area contributed by atoms with Crippen LogP contribution < -0.4 is 11.1 Å². The minimum Gasteiger partial charge on any atom is -0.388 e. The average Bonchev–Trinajstić information content (AvgIpc) is 1.97. The van der Waals surface area contributed by atoms with Crippen molar-refractivity contribution >= 4 is 11.6 Å². The fourth-order valence-corrected chi connectivity index (χ4v) is 1.13. The molecule has 16 heavy (non-hydrogen) atoms. The van der Waals surface area contributed by atoms with Gasteiger partial charge in [0.15, 0.2) is 0 Å². The minimum absolute atomic E-state index is 0.418. The van der Waals surface area contributed by atoms with E-state index < -0.39 is 11.1 Å². The molecule has 5 heteroatoms. The van der Waals surface area contributed by atoms with Gasteiger partial charge in [-0.1, -0.05) is 0 Å². The number of nitrogens with one attached hydrogen (secondary N) is 1. The van der Waals surface area contributed by atoms with Crippen LogP contribution in [0.25, 0.3) is 0 Å². The molecule has 5 nitrogen and oxygen atoms in total. The van der Waals surface area contributed by atoms with Gasteiger partial charge in [-0.15, -0.1) is 0 Å². The van der Waals surface area contributed by atoms with Crippen LogP contribution in [0, 0.1) is 6.92 Å². The predicted octanol–water partition coefficient (Wildman–Crippen LogP) is 1.33. The SMILES string of the molecule is Cc1nc(N)cc(NC(C)(C)C(C)(C)O)n1. The van der Waals surface area contributed by atoms with Crippen LogP contribution in [-0.4, -0.2) is 26.2 Å². The van der Waals surface area contributed by atoms with Gasteiger partial charge in [0.05, 0.1) is 11.1 Å². The number of nitrogens with zero attached hydrogens (tertiary/aromatic N) is 2. The molecule has 1 heterocycles. The maximum atomic E-state index is 10.0. The van der Waals surface area contributed by atoms with Gasteiger partial charge in [0.2, 0.25) is 0 Å². The number of aliphatic hydroxyl groups is 1. The van der Waals surface area contributed by atoms with Gasteiger partial charge < -0.3 is 16.2 Å². The molecule has 0 bridgehead atoms. The number of hydrogen-bond donors (Lipinski definition) is 3. The fraction of sp³-hybridized carbons (Fsp3) is 0.636. The minimum atomic E-state index is -0.874. The topological polar surface area (TPSA) is 84.1 Å². The zero-order valence-corrected chi connectivity index (χ0v) is 10.5. The van der Waals surface area contributed by atoms with E-state index in [1.165, 1.54) is 0 Å². The van der Waals surface area contributed by atoms with Crippen molar-refractivity contribution in [2.24, 2.45) is 0 Å². The lowest BCUT2D eigenvalue weighted by Gasteiger charge is -2.38. The highest BCUT2D eigenvalue weighted by molar-refractivity contribution is 5.46. The highest BCUT2D eigenvalue weighted by Crippen LogP contribution is 2.25. The molecule has 0 fully saturated rings. The van der Waals surface area contributed by atoms with E-state index in [1.54, 1.807) is 26.8 Å². The Bertz CT molecular complexity index is 362. The Hall–Kier alpha value is -1.36. The molecule has 1 aromatic rings. The Morgan fingerprint density at radius 3 is 2.25 bits per heavy atom. The molecule has 0 saturated carbocycles. The average molecular weight is 224 g/mol. The molecule has 0 atom stereocenters. The molecule has 1 aromatic heterocycles. The number of anilines is 2. The van der Waals surface area contributed by atoms with E-state index in [0.717, 1.165) is 0 Å². The lowest BCUT2D eigenvalue weighted by atomic mass is 9.86. The zero-order valence-electron chi connectivity index (χ0n) is 10.5. The van der Waals surface area contributed by atoms with Crippen LogP contribution in [0.5, 0.6) is 0 Å². The van der Waals surface area contributed by atoms with E-state index in [4.69, 9.17) is 5.73 Å². The monoisotopic (exact) mass is 224 g/mol. The molecule has 0 aliphatic heterocycles. The zero-order chi connectivity index (χ0) is 12.6. The summed E-state index contributed by atoms with van der Waals surface area (Å²) in [6.45, 7) is 9.08. The number of hydrogen-bond acceptors (Lipinski definition) is 5. The molecule has 0 saturated heterocycles. The number of rotatable bonds is 3. The van der Waals surface area contributed by atoms with E-state index in [1.807, 2.05) is 13.8 Å². The number of nitrogen functional groups attached to an aromatic ring is 1. The van der Waals surface area contributed by atoms with E-state index in [0.29, 0.717) is 17.5 Å². The van der Waals surface area contributed by atoms with Gasteiger partial charge in [-0.25, -0.2) is 9.97 Å². The Labute approximate surface area is 96.1 Å². The molecular weight excluding hydrogens is 204 g/mol. The molecule has 4 N–H and O–H groups in total. The first-order valence-electron chi connectivity index (χ1n) is 5.23. The normalized spacial score (nSPS) is 12.6. The van der Waals surface area contributed by atoms with Gasteiger partial charge in [0.25, 0.3) is 0 Å². The summed E-state index contributed by atoms with van der Waals surface area (Å²) in [4.78, 5) is 8.21. The van der Waals surface area contributed by atoms with Crippen LogP contribution in [0.4, 0.5) is 11.6 Å². The van der Waals surface area contributed by atoms with Crippen molar-refractivity contribution in [3.05, 3.63) is 11.9 Å². The van der Waals surface area contributed by atoms with Crippen molar-refractivity contribution in [3.8, 4) is 0 Å². The maximum Gasteiger partial charge on any atom is 0.132 e. The third kappa shape index (κ3) is 2.82. The highest BCUT2D eigenvalue weighted by Gasteiger charge is 2.35. The van der Waals surface area contributed by atoms with Crippen LogP contribution in [0.1, 0.15) is 33.5 Å². The summed E-state index contributed by atoms with van der Waals surface area (Å²) in [6, 6.07) is 1.65. The van der Waals surface area contributed by atoms with Gasteiger partial charge in [-0.2, -0.15) is 0 Å². The fourth-order valence-electron chi connectivity index (χ4n) is 1.13. The summed E-state index contributed by atoms with van der Waals surface area (Å²) in [5, 5.41) is 13.2. The largest absolute Gasteiger partial charge is 0.388 e. The van der Waals surface area contributed by atoms with Crippen LogP contribution in [0.15, 0.2) is 6.07 Å². The summed E-state index contributed by atoms with van der Waals surface area (Å²) in [7, 11) is 0. The maximum absolute atomic E-state index is 10.0. The molecule has 0 radical (unpaired) electrons. The van der Waals surface area contributed by atoms with Crippen molar-refractivity contribution in [1.82, 2.24) is 9.97 Å². The summed E-state index contributed by atoms with van der Waals surface area (Å²) in [5.41, 5.74) is 4.25. The lowest BCUT2D eigenvalue weighted by Crippen LogP contribution is -2.51. The van der Waals surface area contributed by atoms with E-state index in [2.05, 4.69) is 15.3 Å². The Balaban J connectivity index is 2.96. The summed E-state index contributed by atoms with van der Waals surface area (Å²) >= 11 is 0. The van der Waals surface area contributed by atoms with Crippen molar-refractivity contribution in [1.29, 1.82) is 0 Å². The standard InChI is InChI=1S/C11H20N4O/c1-7-13-8(12)6-9(14-7)15-10(2,3)11(4,5)16/h6,16H,1-5H3,(H3,12,13,14,15). The van der Waals surface area contributed by atoms with Crippen molar-refractivity contribution in [3.63, 3.8) is 0 Å². The van der Waals surface area contributed by atoms with E-state index in [-0.39, 0.29) is 0 Å². The molecule has 0 aliphatic carbocycles. The van der Waals surface area contributed by atoms with E-state index >= 15 is 0 Å². The first-order valence-corrected chi connectivity index (χ1v) is 5.23. The van der Waals surface area contributed by atoms with Gasteiger partial charge in [-0.05, 0) is 34.6 Å². The van der Waals surface area contributed by atoms with Crippen molar-refractivity contribution in [2.75, 3.05) is 11.1 Å². The predicted molar refractivity (Wildman–Crippen MR) is 65.2 cm³/mol. The smallest absolute Gasteiger partial charge is 0.132 e. The number of nitrogens with two attached hydrogens (primary N) is 1. The van der Waals surface area contributed by atoms with E-state index in [9.17, 15) is 5.11 Å². The quantitative estimate of drug-likeness (QED) is 0.721. The first kappa shape index (κ1) is 12.7. The third-order valence-electron chi connectivity index (χ3n) is 2.83. The molecule has 0 spiro atoms. The van der Waals surface area contributed by atoms with Gasteiger partial charge in [0, 0.05) is 6.07 Å². The van der Waals surface area contributed by atoms with Crippen LogP contribution >= 0.6 is 0 Å². The van der Waals surface area contributed by atoms with Crippen LogP contribution in [0.3, 0.4) is 0 Å². The Morgan fingerprint density at radius 2 is 1.81 bits per heavy atom. The lowest BCUT2D eigenvalue weighted by molar-refractivity contribution is 0.0238. The molecule has 0 unspecified atom stereocenters. The summed E-state index contributed by atoms with van der Waals surface area (Å²) < 4.78 is 0. The second-order valence-electron chi connectivity index (χ2n) is 5.03. The molecule has 90 valence electrons. The first-order chi connectivity index (χ1) is 7.12.